The molecule has 4 heteroatoms. The minimum atomic E-state index is -1.72. The van der Waals surface area contributed by atoms with Gasteiger partial charge in [-0.05, 0) is 44.1 Å². The van der Waals surface area contributed by atoms with E-state index in [4.69, 9.17) is 0 Å². The fraction of sp³-hybridized carbons (Fsp3) is 0.455. The lowest BCUT2D eigenvalue weighted by atomic mass is 9.86. The first kappa shape index (κ1) is 10.5. The summed E-state index contributed by atoms with van der Waals surface area (Å²) in [5.74, 6) is -1.26. The number of rotatable bonds is 1. The average Bonchev–Trinajstić information content (AvgIpc) is 2.23. The summed E-state index contributed by atoms with van der Waals surface area (Å²) >= 11 is 0. The van der Waals surface area contributed by atoms with Crippen molar-refractivity contribution in [3.05, 3.63) is 35.4 Å². The summed E-state index contributed by atoms with van der Waals surface area (Å²) in [7, 11) is 0. The maximum Gasteiger partial charge on any atom is 0.141 e. The van der Waals surface area contributed by atoms with Gasteiger partial charge in [0.15, 0.2) is 0 Å². The summed E-state index contributed by atoms with van der Waals surface area (Å²) in [6.07, 6.45) is 0.376. The molecule has 0 unspecified atom stereocenters. The van der Waals surface area contributed by atoms with E-state index in [0.717, 1.165) is 18.2 Å². The van der Waals surface area contributed by atoms with Crippen LogP contribution >= 0.6 is 0 Å². The molecular formula is C11H12F3N. The second kappa shape index (κ2) is 3.85. The third-order valence-corrected chi connectivity index (χ3v) is 2.81. The van der Waals surface area contributed by atoms with Crippen LogP contribution in [-0.2, 0) is 5.67 Å². The van der Waals surface area contributed by atoms with E-state index in [1.165, 1.54) is 0 Å². The second-order valence-corrected chi connectivity index (χ2v) is 3.84. The summed E-state index contributed by atoms with van der Waals surface area (Å²) in [6, 6.07) is 2.94. The lowest BCUT2D eigenvalue weighted by Crippen LogP contribution is -2.37. The van der Waals surface area contributed by atoms with Gasteiger partial charge in [-0.25, -0.2) is 13.2 Å². The summed E-state index contributed by atoms with van der Waals surface area (Å²) in [6.45, 7) is 0.985. The molecule has 0 spiro atoms. The zero-order valence-electron chi connectivity index (χ0n) is 8.19. The Hall–Kier alpha value is -1.03. The largest absolute Gasteiger partial charge is 0.316 e. The van der Waals surface area contributed by atoms with Crippen LogP contribution in [-0.4, -0.2) is 13.1 Å². The van der Waals surface area contributed by atoms with Gasteiger partial charge in [-0.15, -0.1) is 0 Å². The second-order valence-electron chi connectivity index (χ2n) is 3.84. The third kappa shape index (κ3) is 2.00. The molecular weight excluding hydrogens is 203 g/mol. The number of halogens is 3. The van der Waals surface area contributed by atoms with Crippen LogP contribution in [0, 0.1) is 11.6 Å². The van der Waals surface area contributed by atoms with Crippen LogP contribution < -0.4 is 5.32 Å². The van der Waals surface area contributed by atoms with Gasteiger partial charge in [-0.3, -0.25) is 0 Å². The Morgan fingerprint density at radius 1 is 1.13 bits per heavy atom. The molecule has 1 fully saturated rings. The molecule has 0 aliphatic carbocycles. The summed E-state index contributed by atoms with van der Waals surface area (Å²) in [5, 5.41) is 2.99. The van der Waals surface area contributed by atoms with Gasteiger partial charge < -0.3 is 5.32 Å². The highest BCUT2D eigenvalue weighted by Gasteiger charge is 2.36. The lowest BCUT2D eigenvalue weighted by molar-refractivity contribution is 0.110. The van der Waals surface area contributed by atoms with Crippen LogP contribution in [0.3, 0.4) is 0 Å². The Morgan fingerprint density at radius 2 is 1.80 bits per heavy atom. The molecule has 0 radical (unpaired) electrons. The van der Waals surface area contributed by atoms with E-state index in [1.807, 2.05) is 0 Å². The Morgan fingerprint density at radius 3 is 2.47 bits per heavy atom. The van der Waals surface area contributed by atoms with E-state index in [9.17, 15) is 13.2 Å². The van der Waals surface area contributed by atoms with Crippen molar-refractivity contribution in [1.29, 1.82) is 0 Å². The number of hydrogen-bond acceptors (Lipinski definition) is 1. The molecule has 1 saturated heterocycles. The SMILES string of the molecule is Fc1ccc(F)c(C2(F)CCNCC2)c1. The van der Waals surface area contributed by atoms with E-state index in [-0.39, 0.29) is 18.4 Å². The van der Waals surface area contributed by atoms with Crippen molar-refractivity contribution in [2.24, 2.45) is 0 Å². The molecule has 1 aromatic carbocycles. The number of benzene rings is 1. The first-order chi connectivity index (χ1) is 7.12. The highest BCUT2D eigenvalue weighted by molar-refractivity contribution is 5.26. The van der Waals surface area contributed by atoms with Crippen LogP contribution in [0.25, 0.3) is 0 Å². The van der Waals surface area contributed by atoms with E-state index in [0.29, 0.717) is 13.1 Å². The van der Waals surface area contributed by atoms with Gasteiger partial charge in [0.05, 0.1) is 0 Å². The van der Waals surface area contributed by atoms with Gasteiger partial charge >= 0.3 is 0 Å². The number of hydrogen-bond donors (Lipinski definition) is 1. The first-order valence-corrected chi connectivity index (χ1v) is 4.97. The number of piperidine rings is 1. The predicted molar refractivity (Wildman–Crippen MR) is 51.2 cm³/mol. The predicted octanol–water partition coefficient (Wildman–Crippen LogP) is 2.51. The van der Waals surface area contributed by atoms with Crippen molar-refractivity contribution in [2.45, 2.75) is 18.5 Å². The Balaban J connectivity index is 2.38. The smallest absolute Gasteiger partial charge is 0.141 e. The minimum absolute atomic E-state index is 0.149. The molecule has 1 N–H and O–H groups in total. The topological polar surface area (TPSA) is 12.0 Å². The van der Waals surface area contributed by atoms with Crippen LogP contribution in [0.2, 0.25) is 0 Å². The van der Waals surface area contributed by atoms with E-state index >= 15 is 0 Å². The molecule has 1 aromatic rings. The van der Waals surface area contributed by atoms with Gasteiger partial charge in [0.2, 0.25) is 0 Å². The number of alkyl halides is 1. The van der Waals surface area contributed by atoms with E-state index in [2.05, 4.69) is 5.32 Å². The average molecular weight is 215 g/mol. The van der Waals surface area contributed by atoms with E-state index < -0.39 is 17.3 Å². The standard InChI is InChI=1S/C11H12F3N/c12-8-1-2-10(13)9(7-8)11(14)3-5-15-6-4-11/h1-2,7,15H,3-6H2. The monoisotopic (exact) mass is 215 g/mol. The van der Waals surface area contributed by atoms with Crippen LogP contribution in [0.15, 0.2) is 18.2 Å². The molecule has 82 valence electrons. The highest BCUT2D eigenvalue weighted by atomic mass is 19.2. The van der Waals surface area contributed by atoms with Crippen molar-refractivity contribution in [1.82, 2.24) is 5.32 Å². The molecule has 0 amide bonds. The van der Waals surface area contributed by atoms with Gasteiger partial charge in [0.25, 0.3) is 0 Å². The molecule has 0 atom stereocenters. The van der Waals surface area contributed by atoms with Gasteiger partial charge in [0.1, 0.15) is 17.3 Å². The zero-order valence-corrected chi connectivity index (χ0v) is 8.19. The summed E-state index contributed by atoms with van der Waals surface area (Å²) in [4.78, 5) is 0. The fourth-order valence-electron chi connectivity index (χ4n) is 1.93. The molecule has 0 aromatic heterocycles. The maximum atomic E-state index is 14.3. The molecule has 0 saturated carbocycles. The Bertz CT molecular complexity index is 359. The van der Waals surface area contributed by atoms with Crippen molar-refractivity contribution in [3.8, 4) is 0 Å². The normalized spacial score (nSPS) is 20.2. The Kier molecular flexibility index (Phi) is 2.69. The summed E-state index contributed by atoms with van der Waals surface area (Å²) in [5.41, 5.74) is -1.87. The van der Waals surface area contributed by atoms with Crippen molar-refractivity contribution < 1.29 is 13.2 Å². The van der Waals surface area contributed by atoms with E-state index in [1.54, 1.807) is 0 Å². The molecule has 15 heavy (non-hydrogen) atoms. The van der Waals surface area contributed by atoms with Crippen LogP contribution in [0.4, 0.5) is 13.2 Å². The molecule has 1 nitrogen and oxygen atoms in total. The third-order valence-electron chi connectivity index (χ3n) is 2.81. The fourth-order valence-corrected chi connectivity index (χ4v) is 1.93. The lowest BCUT2D eigenvalue weighted by Gasteiger charge is -2.30. The summed E-state index contributed by atoms with van der Waals surface area (Å²) < 4.78 is 40.6. The van der Waals surface area contributed by atoms with Gasteiger partial charge in [-0.1, -0.05) is 0 Å². The van der Waals surface area contributed by atoms with Crippen molar-refractivity contribution in [3.63, 3.8) is 0 Å². The van der Waals surface area contributed by atoms with Gasteiger partial charge in [-0.2, -0.15) is 0 Å². The maximum absolute atomic E-state index is 14.3. The highest BCUT2D eigenvalue weighted by Crippen LogP contribution is 2.36. The van der Waals surface area contributed by atoms with Gasteiger partial charge in [0, 0.05) is 5.56 Å². The van der Waals surface area contributed by atoms with Crippen LogP contribution in [0.1, 0.15) is 18.4 Å². The molecule has 0 bridgehead atoms. The zero-order chi connectivity index (χ0) is 10.9. The first-order valence-electron chi connectivity index (χ1n) is 4.97. The quantitative estimate of drug-likeness (QED) is 0.759. The van der Waals surface area contributed by atoms with Crippen molar-refractivity contribution in [2.75, 3.05) is 13.1 Å². The minimum Gasteiger partial charge on any atom is -0.316 e. The molecule has 1 aliphatic heterocycles. The molecule has 2 rings (SSSR count). The van der Waals surface area contributed by atoms with Crippen molar-refractivity contribution >= 4 is 0 Å². The Labute approximate surface area is 86.3 Å². The van der Waals surface area contributed by atoms with Crippen LogP contribution in [0.5, 0.6) is 0 Å². The number of nitrogens with one attached hydrogen (secondary N) is 1. The molecule has 1 aliphatic rings. The molecule has 1 heterocycles.